The minimum absolute atomic E-state index is 0.459. The van der Waals surface area contributed by atoms with Crippen molar-refractivity contribution in [3.05, 3.63) is 28.2 Å². The minimum atomic E-state index is -0.928. The molecule has 0 saturated carbocycles. The maximum absolute atomic E-state index is 11.2. The first-order valence-electron chi connectivity index (χ1n) is 5.38. The molecule has 0 bridgehead atoms. The largest absolute Gasteiger partial charge is 0.496 e. The van der Waals surface area contributed by atoms with E-state index in [1.807, 2.05) is 0 Å². The van der Waals surface area contributed by atoms with Crippen molar-refractivity contribution in [3.8, 4) is 5.75 Å². The normalized spacial score (nSPS) is 12.2. The third-order valence-electron chi connectivity index (χ3n) is 2.41. The monoisotopic (exact) mass is 317 g/mol. The van der Waals surface area contributed by atoms with Crippen molar-refractivity contribution in [2.24, 2.45) is 0 Å². The molecule has 1 aromatic rings. The predicted octanol–water partition coefficient (Wildman–Crippen LogP) is 1.82. The van der Waals surface area contributed by atoms with Crippen LogP contribution in [-0.4, -0.2) is 38.4 Å². The molecule has 1 unspecified atom stereocenters. The number of rotatable bonds is 7. The Labute approximate surface area is 114 Å². The number of hydrogen-bond acceptors (Lipinski definition) is 4. The molecule has 0 spiro atoms. The van der Waals surface area contributed by atoms with Crippen LogP contribution in [0.5, 0.6) is 5.75 Å². The molecule has 0 radical (unpaired) electrons. The minimum Gasteiger partial charge on any atom is -0.496 e. The highest BCUT2D eigenvalue weighted by atomic mass is 79.9. The number of halogens is 1. The van der Waals surface area contributed by atoms with Crippen molar-refractivity contribution in [2.75, 3.05) is 27.4 Å². The lowest BCUT2D eigenvalue weighted by atomic mass is 10.1. The molecule has 5 nitrogen and oxygen atoms in total. The van der Waals surface area contributed by atoms with Crippen LogP contribution in [0.3, 0.4) is 0 Å². The summed E-state index contributed by atoms with van der Waals surface area (Å²) in [5, 5.41) is 12.1. The number of benzene rings is 1. The number of carboxylic acids is 1. The second kappa shape index (κ2) is 7.35. The molecule has 1 aromatic carbocycles. The Morgan fingerprint density at radius 2 is 2.22 bits per heavy atom. The molecule has 0 aliphatic carbocycles. The quantitative estimate of drug-likeness (QED) is 0.751. The van der Waals surface area contributed by atoms with Crippen LogP contribution in [0.1, 0.15) is 11.6 Å². The van der Waals surface area contributed by atoms with Crippen LogP contribution in [-0.2, 0) is 9.53 Å². The van der Waals surface area contributed by atoms with Crippen LogP contribution in [0.25, 0.3) is 0 Å². The number of carboxylic acid groups (broad SMARTS) is 1. The molecule has 0 aliphatic rings. The molecule has 100 valence electrons. The topological polar surface area (TPSA) is 67.8 Å². The fraction of sp³-hybridized carbons (Fsp3) is 0.417. The fourth-order valence-electron chi connectivity index (χ4n) is 1.52. The fourth-order valence-corrected chi connectivity index (χ4v) is 2.07. The van der Waals surface area contributed by atoms with E-state index in [1.165, 1.54) is 0 Å². The summed E-state index contributed by atoms with van der Waals surface area (Å²) >= 11 is 3.34. The van der Waals surface area contributed by atoms with Crippen LogP contribution in [0.2, 0.25) is 0 Å². The van der Waals surface area contributed by atoms with Gasteiger partial charge in [-0.1, -0.05) is 6.07 Å². The van der Waals surface area contributed by atoms with Gasteiger partial charge in [0.1, 0.15) is 11.8 Å². The molecule has 0 aromatic heterocycles. The van der Waals surface area contributed by atoms with Crippen LogP contribution < -0.4 is 10.1 Å². The lowest BCUT2D eigenvalue weighted by molar-refractivity contribution is -0.139. The molecule has 0 saturated heterocycles. The standard InChI is InChI=1S/C12H16BrNO4/c1-17-6-5-14-11(12(15)16)8-3-4-10(18-2)9(13)7-8/h3-4,7,11,14H,5-6H2,1-2H3,(H,15,16). The molecule has 0 fully saturated rings. The maximum Gasteiger partial charge on any atom is 0.325 e. The van der Waals surface area contributed by atoms with E-state index >= 15 is 0 Å². The van der Waals surface area contributed by atoms with E-state index in [4.69, 9.17) is 9.47 Å². The zero-order valence-corrected chi connectivity index (χ0v) is 11.9. The van der Waals surface area contributed by atoms with Crippen LogP contribution in [0.15, 0.2) is 22.7 Å². The molecule has 0 heterocycles. The molecular formula is C12H16BrNO4. The van der Waals surface area contributed by atoms with Gasteiger partial charge >= 0.3 is 5.97 Å². The van der Waals surface area contributed by atoms with Gasteiger partial charge in [0.15, 0.2) is 0 Å². The van der Waals surface area contributed by atoms with Crippen molar-refractivity contribution in [1.82, 2.24) is 5.32 Å². The van der Waals surface area contributed by atoms with Gasteiger partial charge in [-0.25, -0.2) is 0 Å². The van der Waals surface area contributed by atoms with Crippen molar-refractivity contribution in [1.29, 1.82) is 0 Å². The van der Waals surface area contributed by atoms with Gasteiger partial charge in [-0.2, -0.15) is 0 Å². The first-order valence-corrected chi connectivity index (χ1v) is 6.18. The third kappa shape index (κ3) is 3.97. The molecular weight excluding hydrogens is 302 g/mol. The summed E-state index contributed by atoms with van der Waals surface area (Å²) in [5.41, 5.74) is 0.659. The summed E-state index contributed by atoms with van der Waals surface area (Å²) in [4.78, 5) is 11.2. The van der Waals surface area contributed by atoms with Gasteiger partial charge in [0.2, 0.25) is 0 Å². The lowest BCUT2D eigenvalue weighted by Crippen LogP contribution is -2.31. The van der Waals surface area contributed by atoms with Gasteiger partial charge < -0.3 is 14.6 Å². The van der Waals surface area contributed by atoms with Crippen molar-refractivity contribution in [2.45, 2.75) is 6.04 Å². The van der Waals surface area contributed by atoms with Gasteiger partial charge in [-0.15, -0.1) is 0 Å². The zero-order valence-electron chi connectivity index (χ0n) is 10.3. The predicted molar refractivity (Wildman–Crippen MR) is 70.9 cm³/mol. The van der Waals surface area contributed by atoms with E-state index in [1.54, 1.807) is 32.4 Å². The summed E-state index contributed by atoms with van der Waals surface area (Å²) < 4.78 is 10.7. The highest BCUT2D eigenvalue weighted by Crippen LogP contribution is 2.28. The van der Waals surface area contributed by atoms with Gasteiger partial charge in [-0.05, 0) is 33.6 Å². The summed E-state index contributed by atoms with van der Waals surface area (Å²) in [6, 6.07) is 4.43. The number of nitrogens with one attached hydrogen (secondary N) is 1. The first kappa shape index (κ1) is 14.9. The van der Waals surface area contributed by atoms with Crippen molar-refractivity contribution >= 4 is 21.9 Å². The van der Waals surface area contributed by atoms with E-state index in [-0.39, 0.29) is 0 Å². The number of hydrogen-bond donors (Lipinski definition) is 2. The average molecular weight is 318 g/mol. The Balaban J connectivity index is 2.85. The van der Waals surface area contributed by atoms with Crippen LogP contribution >= 0.6 is 15.9 Å². The first-order chi connectivity index (χ1) is 8.60. The Kier molecular flexibility index (Phi) is 6.11. The Morgan fingerprint density at radius 1 is 1.50 bits per heavy atom. The van der Waals surface area contributed by atoms with E-state index in [9.17, 15) is 9.90 Å². The van der Waals surface area contributed by atoms with Crippen molar-refractivity contribution in [3.63, 3.8) is 0 Å². The molecule has 1 atom stereocenters. The van der Waals surface area contributed by atoms with Gasteiger partial charge in [0, 0.05) is 13.7 Å². The molecule has 2 N–H and O–H groups in total. The number of methoxy groups -OCH3 is 2. The highest BCUT2D eigenvalue weighted by Gasteiger charge is 2.19. The van der Waals surface area contributed by atoms with Crippen LogP contribution in [0.4, 0.5) is 0 Å². The Bertz CT molecular complexity index is 411. The second-order valence-electron chi connectivity index (χ2n) is 3.61. The van der Waals surface area contributed by atoms with Crippen molar-refractivity contribution < 1.29 is 19.4 Å². The number of aliphatic carboxylic acids is 1. The van der Waals surface area contributed by atoms with Gasteiger partial charge in [0.25, 0.3) is 0 Å². The highest BCUT2D eigenvalue weighted by molar-refractivity contribution is 9.10. The molecule has 6 heteroatoms. The summed E-state index contributed by atoms with van der Waals surface area (Å²) in [5.74, 6) is -0.261. The zero-order chi connectivity index (χ0) is 13.5. The molecule has 0 amide bonds. The molecule has 1 rings (SSSR count). The van der Waals surface area contributed by atoms with E-state index in [2.05, 4.69) is 21.2 Å². The number of ether oxygens (including phenoxy) is 2. The van der Waals surface area contributed by atoms with E-state index in [0.717, 1.165) is 4.47 Å². The van der Waals surface area contributed by atoms with E-state index < -0.39 is 12.0 Å². The smallest absolute Gasteiger partial charge is 0.325 e. The molecule has 0 aliphatic heterocycles. The second-order valence-corrected chi connectivity index (χ2v) is 4.47. The van der Waals surface area contributed by atoms with Gasteiger partial charge in [-0.3, -0.25) is 10.1 Å². The summed E-state index contributed by atoms with van der Waals surface area (Å²) in [6.07, 6.45) is 0. The molecule has 18 heavy (non-hydrogen) atoms. The lowest BCUT2D eigenvalue weighted by Gasteiger charge is -2.15. The Hall–Kier alpha value is -1.11. The Morgan fingerprint density at radius 3 is 2.72 bits per heavy atom. The SMILES string of the molecule is COCCNC(C(=O)O)c1ccc(OC)c(Br)c1. The summed E-state index contributed by atoms with van der Waals surface area (Å²) in [6.45, 7) is 0.929. The van der Waals surface area contributed by atoms with Gasteiger partial charge in [0.05, 0.1) is 18.2 Å². The van der Waals surface area contributed by atoms with Crippen LogP contribution in [0, 0.1) is 0 Å². The number of carbonyl (C=O) groups is 1. The van der Waals surface area contributed by atoms with E-state index in [0.29, 0.717) is 24.5 Å². The average Bonchev–Trinajstić information content (AvgIpc) is 2.34. The summed E-state index contributed by atoms with van der Waals surface area (Å²) in [7, 11) is 3.13. The third-order valence-corrected chi connectivity index (χ3v) is 3.03. The maximum atomic E-state index is 11.2.